The molecule has 0 spiro atoms. The monoisotopic (exact) mass is 599 g/mol. The summed E-state index contributed by atoms with van der Waals surface area (Å²) in [4.78, 5) is 28.6. The van der Waals surface area contributed by atoms with Gasteiger partial charge in [-0.1, -0.05) is 61.3 Å². The summed E-state index contributed by atoms with van der Waals surface area (Å²) in [5.74, 6) is -0.387. The van der Waals surface area contributed by atoms with E-state index in [2.05, 4.69) is 5.32 Å². The number of nitrogens with zero attached hydrogens (tertiary/aromatic N) is 2. The third-order valence-corrected chi connectivity index (χ3v) is 8.59. The fourth-order valence-electron chi connectivity index (χ4n) is 4.21. The zero-order valence-corrected chi connectivity index (χ0v) is 25.9. The van der Waals surface area contributed by atoms with E-state index in [-0.39, 0.29) is 29.0 Å². The van der Waals surface area contributed by atoms with Crippen molar-refractivity contribution in [3.8, 4) is 5.75 Å². The third kappa shape index (κ3) is 8.24. The minimum atomic E-state index is -4.21. The van der Waals surface area contributed by atoms with Crippen LogP contribution in [0.4, 0.5) is 5.69 Å². The lowest BCUT2D eigenvalue weighted by Crippen LogP contribution is -2.51. The lowest BCUT2D eigenvalue weighted by Gasteiger charge is -2.32. The Hall–Kier alpha value is -3.56. The Morgan fingerprint density at radius 3 is 2.22 bits per heavy atom. The molecule has 1 unspecified atom stereocenters. The summed E-state index contributed by atoms with van der Waals surface area (Å²) in [6.45, 7) is 9.21. The van der Waals surface area contributed by atoms with Gasteiger partial charge in [-0.3, -0.25) is 13.9 Å². The van der Waals surface area contributed by atoms with Crippen LogP contribution in [0.5, 0.6) is 5.75 Å². The Labute approximate surface area is 248 Å². The highest BCUT2D eigenvalue weighted by molar-refractivity contribution is 7.92. The Kier molecular flexibility index (Phi) is 10.8. The van der Waals surface area contributed by atoms with Crippen molar-refractivity contribution in [3.63, 3.8) is 0 Å². The number of nitrogens with one attached hydrogen (secondary N) is 1. The van der Waals surface area contributed by atoms with Gasteiger partial charge in [0.25, 0.3) is 10.0 Å². The van der Waals surface area contributed by atoms with Crippen LogP contribution in [0.2, 0.25) is 5.02 Å². The van der Waals surface area contributed by atoms with E-state index in [0.29, 0.717) is 22.9 Å². The molecular weight excluding hydrogens is 562 g/mol. The number of hydrogen-bond acceptors (Lipinski definition) is 5. The number of methoxy groups -OCH3 is 1. The van der Waals surface area contributed by atoms with Crippen LogP contribution in [0.3, 0.4) is 0 Å². The normalized spacial score (nSPS) is 12.1. The minimum Gasteiger partial charge on any atom is -0.495 e. The minimum absolute atomic E-state index is 0.0311. The van der Waals surface area contributed by atoms with Crippen LogP contribution in [0.15, 0.2) is 71.6 Å². The van der Waals surface area contributed by atoms with Crippen molar-refractivity contribution in [1.82, 2.24) is 10.2 Å². The Bertz CT molecular complexity index is 1480. The summed E-state index contributed by atoms with van der Waals surface area (Å²) in [5, 5.41) is 3.36. The fourth-order valence-corrected chi connectivity index (χ4v) is 5.84. The van der Waals surface area contributed by atoms with Crippen LogP contribution in [0, 0.1) is 19.8 Å². The Balaban J connectivity index is 2.08. The second-order valence-corrected chi connectivity index (χ2v) is 12.8. The zero-order valence-electron chi connectivity index (χ0n) is 24.3. The molecule has 0 aliphatic rings. The summed E-state index contributed by atoms with van der Waals surface area (Å²) in [6.07, 6.45) is 0. The molecule has 8 nitrogen and oxygen atoms in total. The van der Waals surface area contributed by atoms with Gasteiger partial charge in [0.05, 0.1) is 17.7 Å². The number of rotatable bonds is 12. The van der Waals surface area contributed by atoms with E-state index < -0.39 is 28.5 Å². The molecule has 2 amide bonds. The van der Waals surface area contributed by atoms with Gasteiger partial charge in [-0.2, -0.15) is 0 Å². The zero-order chi connectivity index (χ0) is 30.3. The highest BCUT2D eigenvalue weighted by atomic mass is 35.5. The highest BCUT2D eigenvalue weighted by Crippen LogP contribution is 2.34. The fraction of sp³-hybridized carbons (Fsp3) is 0.355. The molecule has 0 aromatic heterocycles. The molecule has 0 radical (unpaired) electrons. The molecule has 220 valence electrons. The highest BCUT2D eigenvalue weighted by Gasteiger charge is 2.34. The first-order chi connectivity index (χ1) is 19.3. The molecule has 0 aliphatic carbocycles. The summed E-state index contributed by atoms with van der Waals surface area (Å²) in [7, 11) is -2.77. The molecule has 1 atom stereocenters. The lowest BCUT2D eigenvalue weighted by atomic mass is 10.1. The third-order valence-electron chi connectivity index (χ3n) is 6.58. The topological polar surface area (TPSA) is 96.0 Å². The Morgan fingerprint density at radius 1 is 0.951 bits per heavy atom. The second-order valence-electron chi connectivity index (χ2n) is 10.5. The molecule has 0 saturated heterocycles. The predicted molar refractivity (Wildman–Crippen MR) is 163 cm³/mol. The van der Waals surface area contributed by atoms with Crippen LogP contribution in [-0.2, 0) is 26.2 Å². The molecule has 0 heterocycles. The number of amides is 2. The average Bonchev–Trinajstić information content (AvgIpc) is 2.93. The summed E-state index contributed by atoms with van der Waals surface area (Å²) in [6, 6.07) is 17.7. The quantitative estimate of drug-likeness (QED) is 0.303. The van der Waals surface area contributed by atoms with Crippen molar-refractivity contribution in [3.05, 3.63) is 88.4 Å². The molecule has 0 fully saturated rings. The number of carbonyl (C=O) groups is 2. The van der Waals surface area contributed by atoms with Gasteiger partial charge in [0, 0.05) is 18.1 Å². The van der Waals surface area contributed by atoms with Crippen LogP contribution in [0.1, 0.15) is 37.5 Å². The van der Waals surface area contributed by atoms with Crippen molar-refractivity contribution in [2.45, 2.75) is 52.1 Å². The maximum Gasteiger partial charge on any atom is 0.264 e. The maximum atomic E-state index is 14.1. The largest absolute Gasteiger partial charge is 0.495 e. The van der Waals surface area contributed by atoms with Crippen LogP contribution < -0.4 is 14.4 Å². The van der Waals surface area contributed by atoms with E-state index >= 15 is 0 Å². The number of carbonyl (C=O) groups excluding carboxylic acids is 2. The Morgan fingerprint density at radius 2 is 1.61 bits per heavy atom. The van der Waals surface area contributed by atoms with E-state index in [1.165, 1.54) is 24.1 Å². The number of anilines is 1. The van der Waals surface area contributed by atoms with Crippen LogP contribution >= 0.6 is 11.6 Å². The average molecular weight is 600 g/mol. The van der Waals surface area contributed by atoms with Crippen molar-refractivity contribution < 1.29 is 22.7 Å². The van der Waals surface area contributed by atoms with Crippen LogP contribution in [-0.4, -0.2) is 51.4 Å². The number of sulfonamides is 1. The predicted octanol–water partition coefficient (Wildman–Crippen LogP) is 5.35. The van der Waals surface area contributed by atoms with Gasteiger partial charge in [-0.25, -0.2) is 8.42 Å². The van der Waals surface area contributed by atoms with Gasteiger partial charge in [-0.05, 0) is 74.2 Å². The number of benzene rings is 3. The van der Waals surface area contributed by atoms with Crippen molar-refractivity contribution in [2.24, 2.45) is 5.92 Å². The molecule has 3 aromatic rings. The first kappa shape index (κ1) is 32.0. The molecule has 41 heavy (non-hydrogen) atoms. The van der Waals surface area contributed by atoms with Gasteiger partial charge < -0.3 is 15.0 Å². The summed E-state index contributed by atoms with van der Waals surface area (Å²) < 4.78 is 34.7. The molecule has 0 bridgehead atoms. The number of hydrogen-bond donors (Lipinski definition) is 1. The summed E-state index contributed by atoms with van der Waals surface area (Å²) in [5.41, 5.74) is 2.61. The van der Waals surface area contributed by atoms with Gasteiger partial charge in [0.15, 0.2) is 0 Å². The molecule has 1 N–H and O–H groups in total. The smallest absolute Gasteiger partial charge is 0.264 e. The van der Waals surface area contributed by atoms with E-state index in [1.54, 1.807) is 61.5 Å². The van der Waals surface area contributed by atoms with Crippen molar-refractivity contribution in [1.29, 1.82) is 0 Å². The van der Waals surface area contributed by atoms with Gasteiger partial charge in [0.2, 0.25) is 11.8 Å². The van der Waals surface area contributed by atoms with Gasteiger partial charge in [-0.15, -0.1) is 0 Å². The number of aryl methyl sites for hydroxylation is 2. The number of ether oxygens (including phenoxy) is 1. The maximum absolute atomic E-state index is 14.1. The molecule has 3 aromatic carbocycles. The molecule has 0 saturated carbocycles. The SMILES string of the molecule is COc1ccc(C)cc1N(CC(=O)N(Cc1cccc(Cl)c1)C(C)C(=O)NCC(C)C)S(=O)(=O)c1ccc(C)cc1. The van der Waals surface area contributed by atoms with Crippen LogP contribution in [0.25, 0.3) is 0 Å². The standard InChI is InChI=1S/C31H38ClN3O5S/c1-21(2)18-33-31(37)24(5)34(19-25-8-7-9-26(32)17-25)30(36)20-35(28-16-23(4)12-15-29(28)40-6)41(38,39)27-13-10-22(3)11-14-27/h7-17,21,24H,18-20H2,1-6H3,(H,33,37). The lowest BCUT2D eigenvalue weighted by molar-refractivity contribution is -0.139. The molecular formula is C31H38ClN3O5S. The van der Waals surface area contributed by atoms with Gasteiger partial charge >= 0.3 is 0 Å². The molecule has 0 aliphatic heterocycles. The van der Waals surface area contributed by atoms with E-state index in [1.807, 2.05) is 27.7 Å². The van der Waals surface area contributed by atoms with E-state index in [0.717, 1.165) is 15.4 Å². The summed E-state index contributed by atoms with van der Waals surface area (Å²) >= 11 is 6.20. The van der Waals surface area contributed by atoms with Crippen molar-refractivity contribution in [2.75, 3.05) is 24.5 Å². The van der Waals surface area contributed by atoms with E-state index in [9.17, 15) is 18.0 Å². The second kappa shape index (κ2) is 13.9. The van der Waals surface area contributed by atoms with E-state index in [4.69, 9.17) is 16.3 Å². The first-order valence-corrected chi connectivity index (χ1v) is 15.2. The molecule has 3 rings (SSSR count). The van der Waals surface area contributed by atoms with Crippen molar-refractivity contribution >= 4 is 39.1 Å². The first-order valence-electron chi connectivity index (χ1n) is 13.4. The number of halogens is 1. The molecule has 10 heteroatoms. The van der Waals surface area contributed by atoms with Gasteiger partial charge in [0.1, 0.15) is 18.3 Å².